The summed E-state index contributed by atoms with van der Waals surface area (Å²) in [7, 11) is 2.08. The van der Waals surface area contributed by atoms with E-state index in [1.54, 1.807) is 0 Å². The summed E-state index contributed by atoms with van der Waals surface area (Å²) >= 11 is 0. The lowest BCUT2D eigenvalue weighted by Crippen LogP contribution is -2.67. The van der Waals surface area contributed by atoms with Crippen molar-refractivity contribution in [3.8, 4) is 5.75 Å². The number of hydrogen-bond acceptors (Lipinski definition) is 4. The van der Waals surface area contributed by atoms with Crippen LogP contribution < -0.4 is 4.74 Å². The highest BCUT2D eigenvalue weighted by Crippen LogP contribution is 2.62. The SMILES string of the molecule is C[C](C)CCN(C)CCOc1ccc2c(c1)CC[C@@H]1[C@@H]2CC[C@]2(C)[C@@H](OCCCOC(C(F)(F)F)(C(F)(F)F)C(F)(F)F)CC[C@@H]12. The Bertz CT molecular complexity index is 1120. The average molecular weight is 675 g/mol. The first-order valence-electron chi connectivity index (χ1n) is 16.0. The Balaban J connectivity index is 1.30. The van der Waals surface area contributed by atoms with Crippen molar-refractivity contribution in [3.63, 3.8) is 0 Å². The van der Waals surface area contributed by atoms with Crippen molar-refractivity contribution in [1.29, 1.82) is 0 Å². The predicted molar refractivity (Wildman–Crippen MR) is 154 cm³/mol. The number of nitrogens with zero attached hydrogens (tertiary/aromatic N) is 1. The summed E-state index contributed by atoms with van der Waals surface area (Å²) in [5, 5.41) is 0. The number of rotatable bonds is 13. The Kier molecular flexibility index (Phi) is 11.3. The molecule has 0 saturated heterocycles. The van der Waals surface area contributed by atoms with Crippen LogP contribution in [0.15, 0.2) is 18.2 Å². The van der Waals surface area contributed by atoms with Gasteiger partial charge in [0.15, 0.2) is 0 Å². The van der Waals surface area contributed by atoms with E-state index in [1.165, 1.54) is 17.0 Å². The molecule has 0 heterocycles. The molecule has 46 heavy (non-hydrogen) atoms. The van der Waals surface area contributed by atoms with Crippen LogP contribution in [0.5, 0.6) is 5.75 Å². The van der Waals surface area contributed by atoms with Crippen LogP contribution in [0.1, 0.15) is 82.8 Å². The van der Waals surface area contributed by atoms with Gasteiger partial charge >= 0.3 is 24.1 Å². The number of hydrogen-bond donors (Lipinski definition) is 0. The standard InChI is InChI=1S/C33H45F9NO3/c1-21(2)13-15-43(4)16-19-44-23-7-9-24-22(20-23)6-8-26-25(24)12-14-29(3)27(26)10-11-28(29)45-17-5-18-46-30(31(34,35)36,32(37,38)39)33(40,41)42/h7,9,20,25-28H,5-6,8,10-19H2,1-4H3/t25-,26-,27+,28+,29+/m1/s1. The minimum Gasteiger partial charge on any atom is -0.492 e. The fourth-order valence-corrected chi connectivity index (χ4v) is 7.96. The highest BCUT2D eigenvalue weighted by molar-refractivity contribution is 5.40. The van der Waals surface area contributed by atoms with E-state index in [4.69, 9.17) is 9.47 Å². The smallest absolute Gasteiger partial charge is 0.435 e. The maximum atomic E-state index is 13.1. The van der Waals surface area contributed by atoms with E-state index in [0.717, 1.165) is 57.4 Å². The molecule has 3 aliphatic rings. The zero-order valence-electron chi connectivity index (χ0n) is 26.8. The van der Waals surface area contributed by atoms with Crippen LogP contribution in [0.2, 0.25) is 0 Å². The molecule has 2 saturated carbocycles. The van der Waals surface area contributed by atoms with Gasteiger partial charge in [-0.3, -0.25) is 0 Å². The molecule has 0 aliphatic heterocycles. The van der Waals surface area contributed by atoms with Crippen molar-refractivity contribution in [1.82, 2.24) is 4.90 Å². The molecule has 13 heteroatoms. The van der Waals surface area contributed by atoms with E-state index in [0.29, 0.717) is 30.8 Å². The molecular formula is C33H45F9NO3. The van der Waals surface area contributed by atoms with Crippen LogP contribution in [-0.4, -0.2) is 75.1 Å². The van der Waals surface area contributed by atoms with Crippen LogP contribution in [0.25, 0.3) is 0 Å². The first-order chi connectivity index (χ1) is 21.3. The summed E-state index contributed by atoms with van der Waals surface area (Å²) in [6, 6.07) is 6.36. The van der Waals surface area contributed by atoms with Gasteiger partial charge in [-0.05, 0) is 117 Å². The maximum Gasteiger partial charge on any atom is 0.435 e. The zero-order chi connectivity index (χ0) is 34.1. The minimum atomic E-state index is -6.73. The summed E-state index contributed by atoms with van der Waals surface area (Å²) in [5.74, 6) is 3.37. The van der Waals surface area contributed by atoms with Gasteiger partial charge in [-0.15, -0.1) is 0 Å². The molecule has 1 radical (unpaired) electrons. The molecular weight excluding hydrogens is 629 g/mol. The molecule has 4 rings (SSSR count). The summed E-state index contributed by atoms with van der Waals surface area (Å²) in [6.45, 7) is 7.09. The predicted octanol–water partition coefficient (Wildman–Crippen LogP) is 9.08. The van der Waals surface area contributed by atoms with Crippen LogP contribution in [0.4, 0.5) is 39.5 Å². The van der Waals surface area contributed by atoms with Gasteiger partial charge in [0.05, 0.1) is 12.7 Å². The fourth-order valence-electron chi connectivity index (χ4n) is 7.96. The van der Waals surface area contributed by atoms with Crippen molar-refractivity contribution < 1.29 is 53.7 Å². The second kappa shape index (κ2) is 14.0. The Morgan fingerprint density at radius 2 is 1.54 bits per heavy atom. The Morgan fingerprint density at radius 3 is 2.17 bits per heavy atom. The molecule has 1 aromatic rings. The lowest BCUT2D eigenvalue weighted by atomic mass is 9.55. The number of ether oxygens (including phenoxy) is 3. The van der Waals surface area contributed by atoms with Crippen LogP contribution in [0.3, 0.4) is 0 Å². The molecule has 0 bridgehead atoms. The third-order valence-electron chi connectivity index (χ3n) is 10.5. The number of likely N-dealkylation sites (N-methyl/N-ethyl adjacent to an activating group) is 1. The first-order valence-corrected chi connectivity index (χ1v) is 16.0. The highest BCUT2D eigenvalue weighted by atomic mass is 19.4. The summed E-state index contributed by atoms with van der Waals surface area (Å²) in [6.07, 6.45) is -14.8. The van der Waals surface area contributed by atoms with Gasteiger partial charge < -0.3 is 19.1 Å². The lowest BCUT2D eigenvalue weighted by Gasteiger charge is -2.50. The molecule has 3 aliphatic carbocycles. The first kappa shape index (κ1) is 37.1. The quantitative estimate of drug-likeness (QED) is 0.154. The Labute approximate surface area is 265 Å². The molecule has 5 atom stereocenters. The highest BCUT2D eigenvalue weighted by Gasteiger charge is 2.85. The van der Waals surface area contributed by atoms with Gasteiger partial charge in [-0.2, -0.15) is 39.5 Å². The molecule has 0 N–H and O–H groups in total. The van der Waals surface area contributed by atoms with Gasteiger partial charge in [0.2, 0.25) is 0 Å². The third-order valence-corrected chi connectivity index (χ3v) is 10.5. The minimum absolute atomic E-state index is 0.240. The number of aryl methyl sites for hydroxylation is 1. The number of halogens is 9. The van der Waals surface area contributed by atoms with E-state index in [2.05, 4.69) is 49.6 Å². The summed E-state index contributed by atoms with van der Waals surface area (Å²) in [4.78, 5) is 2.25. The van der Waals surface area contributed by atoms with Gasteiger partial charge in [-0.25, -0.2) is 0 Å². The van der Waals surface area contributed by atoms with E-state index in [9.17, 15) is 39.5 Å². The molecule has 2 fully saturated rings. The molecule has 0 aromatic heterocycles. The molecule has 1 aromatic carbocycles. The third kappa shape index (κ3) is 7.46. The number of alkyl halides is 9. The van der Waals surface area contributed by atoms with E-state index < -0.39 is 37.2 Å². The molecule has 0 amide bonds. The van der Waals surface area contributed by atoms with Gasteiger partial charge in [-0.1, -0.05) is 26.8 Å². The number of fused-ring (bicyclic) bond motifs is 5. The van der Waals surface area contributed by atoms with Gasteiger partial charge in [0.1, 0.15) is 12.4 Å². The molecule has 0 spiro atoms. The molecule has 263 valence electrons. The summed E-state index contributed by atoms with van der Waals surface area (Å²) in [5.41, 5.74) is -3.86. The molecule has 4 nitrogen and oxygen atoms in total. The number of benzene rings is 1. The second-order valence-corrected chi connectivity index (χ2v) is 13.7. The Hall–Kier alpha value is -1.73. The van der Waals surface area contributed by atoms with Crippen LogP contribution >= 0.6 is 0 Å². The van der Waals surface area contributed by atoms with Crippen molar-refractivity contribution in [3.05, 3.63) is 35.2 Å². The second-order valence-electron chi connectivity index (χ2n) is 13.7. The fraction of sp³-hybridized carbons (Fsp3) is 0.788. The van der Waals surface area contributed by atoms with Gasteiger partial charge in [0.25, 0.3) is 0 Å². The average Bonchev–Trinajstić information content (AvgIpc) is 3.27. The van der Waals surface area contributed by atoms with Crippen molar-refractivity contribution in [2.75, 3.05) is 40.0 Å². The van der Waals surface area contributed by atoms with Crippen molar-refractivity contribution in [2.45, 2.75) is 108 Å². The molecule has 0 unspecified atom stereocenters. The zero-order valence-corrected chi connectivity index (χ0v) is 26.8. The van der Waals surface area contributed by atoms with Crippen LogP contribution in [-0.2, 0) is 15.9 Å². The normalized spacial score (nSPS) is 27.1. The van der Waals surface area contributed by atoms with E-state index in [1.807, 2.05) is 6.07 Å². The van der Waals surface area contributed by atoms with Gasteiger partial charge in [0, 0.05) is 13.2 Å². The summed E-state index contributed by atoms with van der Waals surface area (Å²) < 4.78 is 134. The van der Waals surface area contributed by atoms with Crippen molar-refractivity contribution >= 4 is 0 Å². The van der Waals surface area contributed by atoms with E-state index >= 15 is 0 Å². The monoisotopic (exact) mass is 674 g/mol. The van der Waals surface area contributed by atoms with Crippen molar-refractivity contribution in [2.24, 2.45) is 17.3 Å². The Morgan fingerprint density at radius 1 is 0.870 bits per heavy atom. The largest absolute Gasteiger partial charge is 0.492 e. The maximum absolute atomic E-state index is 13.1. The topological polar surface area (TPSA) is 30.9 Å². The van der Waals surface area contributed by atoms with E-state index in [-0.39, 0.29) is 18.1 Å². The van der Waals surface area contributed by atoms with Crippen LogP contribution in [0, 0.1) is 23.2 Å². The lowest BCUT2D eigenvalue weighted by molar-refractivity contribution is -0.457.